The molecule has 2 aliphatic rings. The van der Waals surface area contributed by atoms with E-state index in [9.17, 15) is 36.3 Å². The van der Waals surface area contributed by atoms with Crippen molar-refractivity contribution < 1.29 is 36.3 Å². The van der Waals surface area contributed by atoms with Gasteiger partial charge in [0.1, 0.15) is 11.6 Å². The number of anilines is 1. The van der Waals surface area contributed by atoms with Crippen LogP contribution in [0.25, 0.3) is 0 Å². The fourth-order valence-corrected chi connectivity index (χ4v) is 5.10. The van der Waals surface area contributed by atoms with Gasteiger partial charge in [0.2, 0.25) is 0 Å². The number of aryl methyl sites for hydroxylation is 1. The van der Waals surface area contributed by atoms with Gasteiger partial charge in [0.25, 0.3) is 17.7 Å². The van der Waals surface area contributed by atoms with E-state index in [0.717, 1.165) is 0 Å². The summed E-state index contributed by atoms with van der Waals surface area (Å²) < 4.78 is 68.0. The first kappa shape index (κ1) is 26.3. The Kier molecular flexibility index (Phi) is 6.61. The molecule has 6 nitrogen and oxygen atoms in total. The average molecular weight is 543 g/mol. The summed E-state index contributed by atoms with van der Waals surface area (Å²) in [5, 5.41) is 8.03. The van der Waals surface area contributed by atoms with Gasteiger partial charge < -0.3 is 16.0 Å². The lowest BCUT2D eigenvalue weighted by Crippen LogP contribution is -2.29. The number of fused-ring (bicyclic) bond motifs is 3. The van der Waals surface area contributed by atoms with Gasteiger partial charge in [-0.1, -0.05) is 6.07 Å². The molecule has 0 aromatic heterocycles. The molecule has 0 radical (unpaired) electrons. The lowest BCUT2D eigenvalue weighted by Gasteiger charge is -2.22. The predicted molar refractivity (Wildman–Crippen MR) is 132 cm³/mol. The summed E-state index contributed by atoms with van der Waals surface area (Å²) >= 11 is 0. The summed E-state index contributed by atoms with van der Waals surface area (Å²) in [6, 6.07) is 5.90. The number of benzene rings is 3. The van der Waals surface area contributed by atoms with Crippen molar-refractivity contribution in [1.29, 1.82) is 0 Å². The van der Waals surface area contributed by atoms with E-state index in [-0.39, 0.29) is 28.4 Å². The van der Waals surface area contributed by atoms with Crippen molar-refractivity contribution in [3.63, 3.8) is 0 Å². The summed E-state index contributed by atoms with van der Waals surface area (Å²) in [6.07, 6.45) is -3.17. The maximum Gasteiger partial charge on any atom is 0.416 e. The minimum absolute atomic E-state index is 0.0331. The number of alkyl halides is 3. The van der Waals surface area contributed by atoms with E-state index in [1.54, 1.807) is 6.92 Å². The molecule has 202 valence electrons. The van der Waals surface area contributed by atoms with Crippen molar-refractivity contribution in [2.45, 2.75) is 38.4 Å². The molecule has 3 aromatic rings. The highest BCUT2D eigenvalue weighted by Gasteiger charge is 2.38. The van der Waals surface area contributed by atoms with Crippen LogP contribution in [0.15, 0.2) is 42.5 Å². The first-order valence-electron chi connectivity index (χ1n) is 12.2. The Labute approximate surface area is 219 Å². The van der Waals surface area contributed by atoms with Gasteiger partial charge in [-0.05, 0) is 79.3 Å². The molecule has 0 saturated carbocycles. The molecular weight excluding hydrogens is 521 g/mol. The number of amides is 3. The van der Waals surface area contributed by atoms with E-state index in [0.29, 0.717) is 54.6 Å². The monoisotopic (exact) mass is 543 g/mol. The summed E-state index contributed by atoms with van der Waals surface area (Å²) in [5.41, 5.74) is 0.0302. The summed E-state index contributed by atoms with van der Waals surface area (Å²) in [5.74, 6) is -3.92. The average Bonchev–Trinajstić information content (AvgIpc) is 3.21. The van der Waals surface area contributed by atoms with E-state index in [4.69, 9.17) is 0 Å². The molecular formula is C28H22F5N3O3. The highest BCUT2D eigenvalue weighted by Crippen LogP contribution is 2.42. The summed E-state index contributed by atoms with van der Waals surface area (Å²) in [4.78, 5) is 39.4. The largest absolute Gasteiger partial charge is 0.416 e. The van der Waals surface area contributed by atoms with Crippen LogP contribution in [0.1, 0.15) is 77.8 Å². The standard InChI is InChI=1S/C28H22F5N3O3/c1-13-5-6-16(29)11-19(13)24-23-21(35-25(37)14-8-15(28(31,32)33)10-17(30)9-14)12-20-18(22(23)27(39)36-24)4-2-3-7-34-26(20)38/h5-6,8-12,24H,2-4,7H2,1H3,(H,34,38)(H,35,37)(H,36,39). The maximum absolute atomic E-state index is 14.2. The highest BCUT2D eigenvalue weighted by molar-refractivity contribution is 6.11. The first-order valence-corrected chi connectivity index (χ1v) is 12.2. The number of halogens is 5. The number of hydrogen-bond acceptors (Lipinski definition) is 3. The van der Waals surface area contributed by atoms with E-state index in [2.05, 4.69) is 16.0 Å². The Balaban J connectivity index is 1.69. The summed E-state index contributed by atoms with van der Waals surface area (Å²) in [6.45, 7) is 2.11. The van der Waals surface area contributed by atoms with Crippen LogP contribution in [0, 0.1) is 18.6 Å². The number of nitrogens with one attached hydrogen (secondary N) is 3. The van der Waals surface area contributed by atoms with E-state index in [1.165, 1.54) is 24.3 Å². The Bertz CT molecular complexity index is 1530. The molecule has 0 saturated heterocycles. The topological polar surface area (TPSA) is 87.3 Å². The second-order valence-corrected chi connectivity index (χ2v) is 9.54. The Hall–Kier alpha value is -4.28. The molecule has 39 heavy (non-hydrogen) atoms. The van der Waals surface area contributed by atoms with Crippen molar-refractivity contribution in [1.82, 2.24) is 10.6 Å². The zero-order chi connectivity index (χ0) is 28.1. The third-order valence-corrected chi connectivity index (χ3v) is 6.94. The normalized spacial score (nSPS) is 16.9. The lowest BCUT2D eigenvalue weighted by atomic mass is 9.86. The zero-order valence-corrected chi connectivity index (χ0v) is 20.6. The third kappa shape index (κ3) is 4.96. The second-order valence-electron chi connectivity index (χ2n) is 9.54. The molecule has 1 atom stereocenters. The fourth-order valence-electron chi connectivity index (χ4n) is 5.10. The predicted octanol–water partition coefficient (Wildman–Crippen LogP) is 5.44. The third-order valence-electron chi connectivity index (χ3n) is 6.94. The van der Waals surface area contributed by atoms with E-state index >= 15 is 0 Å². The SMILES string of the molecule is Cc1ccc(F)cc1C1NC(=O)c2c3c(cc(NC(=O)c4cc(F)cc(C(F)(F)F)c4)c21)C(=O)NCCCC3. The number of carbonyl (C=O) groups excluding carboxylic acids is 3. The van der Waals surface area contributed by atoms with Crippen LogP contribution in [0.2, 0.25) is 0 Å². The van der Waals surface area contributed by atoms with Gasteiger partial charge in [-0.2, -0.15) is 13.2 Å². The summed E-state index contributed by atoms with van der Waals surface area (Å²) in [7, 11) is 0. The Morgan fingerprint density at radius 1 is 0.974 bits per heavy atom. The minimum atomic E-state index is -4.89. The lowest BCUT2D eigenvalue weighted by molar-refractivity contribution is -0.137. The van der Waals surface area contributed by atoms with Crippen molar-refractivity contribution in [3.8, 4) is 0 Å². The first-order chi connectivity index (χ1) is 18.4. The van der Waals surface area contributed by atoms with Crippen LogP contribution < -0.4 is 16.0 Å². The van der Waals surface area contributed by atoms with Crippen molar-refractivity contribution in [2.75, 3.05) is 11.9 Å². The zero-order valence-electron chi connectivity index (χ0n) is 20.6. The van der Waals surface area contributed by atoms with Gasteiger partial charge in [-0.25, -0.2) is 8.78 Å². The van der Waals surface area contributed by atoms with Gasteiger partial charge in [0, 0.05) is 28.9 Å². The highest BCUT2D eigenvalue weighted by atomic mass is 19.4. The molecule has 3 amide bonds. The van der Waals surface area contributed by atoms with Gasteiger partial charge in [-0.3, -0.25) is 14.4 Å². The van der Waals surface area contributed by atoms with Crippen LogP contribution in [0.4, 0.5) is 27.6 Å². The second kappa shape index (κ2) is 9.79. The quantitative estimate of drug-likeness (QED) is 0.385. The van der Waals surface area contributed by atoms with Gasteiger partial charge in [0.05, 0.1) is 17.2 Å². The van der Waals surface area contributed by atoms with E-state index < -0.39 is 52.7 Å². The molecule has 3 N–H and O–H groups in total. The fraction of sp³-hybridized carbons (Fsp3) is 0.250. The number of hydrogen-bond donors (Lipinski definition) is 3. The van der Waals surface area contributed by atoms with Crippen LogP contribution in [0.5, 0.6) is 0 Å². The minimum Gasteiger partial charge on any atom is -0.352 e. The van der Waals surface area contributed by atoms with Crippen LogP contribution >= 0.6 is 0 Å². The molecule has 3 aromatic carbocycles. The van der Waals surface area contributed by atoms with Crippen molar-refractivity contribution >= 4 is 23.4 Å². The van der Waals surface area contributed by atoms with Gasteiger partial charge >= 0.3 is 6.18 Å². The van der Waals surface area contributed by atoms with Gasteiger partial charge in [-0.15, -0.1) is 0 Å². The molecule has 0 aliphatic carbocycles. The Morgan fingerprint density at radius 2 is 1.74 bits per heavy atom. The van der Waals surface area contributed by atoms with Crippen LogP contribution in [-0.2, 0) is 12.6 Å². The van der Waals surface area contributed by atoms with Crippen molar-refractivity contribution in [3.05, 3.63) is 98.6 Å². The van der Waals surface area contributed by atoms with Crippen LogP contribution in [-0.4, -0.2) is 24.3 Å². The molecule has 5 rings (SSSR count). The Morgan fingerprint density at radius 3 is 2.49 bits per heavy atom. The number of carbonyl (C=O) groups is 3. The smallest absolute Gasteiger partial charge is 0.352 e. The molecule has 1 unspecified atom stereocenters. The number of rotatable bonds is 3. The van der Waals surface area contributed by atoms with Crippen molar-refractivity contribution in [2.24, 2.45) is 0 Å². The van der Waals surface area contributed by atoms with E-state index in [1.807, 2.05) is 0 Å². The molecule has 2 heterocycles. The maximum atomic E-state index is 14.2. The molecule has 0 fully saturated rings. The van der Waals surface area contributed by atoms with Crippen LogP contribution in [0.3, 0.4) is 0 Å². The molecule has 2 aliphatic heterocycles. The molecule has 0 spiro atoms. The van der Waals surface area contributed by atoms with Gasteiger partial charge in [0.15, 0.2) is 0 Å². The molecule has 11 heteroatoms. The molecule has 0 bridgehead atoms.